The van der Waals surface area contributed by atoms with Gasteiger partial charge in [0.2, 0.25) is 0 Å². The number of alkyl halides is 1. The smallest absolute Gasteiger partial charge is 0.146 e. The van der Waals surface area contributed by atoms with Gasteiger partial charge in [0.25, 0.3) is 0 Å². The number of halogens is 2. The van der Waals surface area contributed by atoms with Crippen molar-refractivity contribution in [2.45, 2.75) is 26.1 Å². The number of hydrogen-bond donors (Lipinski definition) is 0. The van der Waals surface area contributed by atoms with Crippen LogP contribution in [0, 0.1) is 11.7 Å². The van der Waals surface area contributed by atoms with Gasteiger partial charge in [0.15, 0.2) is 0 Å². The molecule has 0 spiro atoms. The molecule has 0 aliphatic rings. The molecule has 0 bridgehead atoms. The molecule has 0 aliphatic heterocycles. The van der Waals surface area contributed by atoms with Crippen LogP contribution in [0.4, 0.5) is 10.1 Å². The Hall–Kier alpha value is -0.760. The monoisotopic (exact) mass is 243 g/mol. The number of benzene rings is 1. The van der Waals surface area contributed by atoms with E-state index in [1.54, 1.807) is 6.07 Å². The van der Waals surface area contributed by atoms with E-state index in [0.29, 0.717) is 17.5 Å². The zero-order chi connectivity index (χ0) is 12.1. The first kappa shape index (κ1) is 13.3. The molecular formula is C13H19ClFN. The van der Waals surface area contributed by atoms with E-state index in [-0.39, 0.29) is 5.82 Å². The van der Waals surface area contributed by atoms with E-state index >= 15 is 0 Å². The summed E-state index contributed by atoms with van der Waals surface area (Å²) >= 11 is 5.82. The first-order valence-corrected chi connectivity index (χ1v) is 6.14. The summed E-state index contributed by atoms with van der Waals surface area (Å²) in [4.78, 5) is 1.95. The summed E-state index contributed by atoms with van der Waals surface area (Å²) in [5, 5.41) is 0. The first-order chi connectivity index (χ1) is 7.56. The Morgan fingerprint density at radius 3 is 2.62 bits per heavy atom. The van der Waals surface area contributed by atoms with Crippen molar-refractivity contribution in [1.29, 1.82) is 0 Å². The Morgan fingerprint density at radius 1 is 1.38 bits per heavy atom. The van der Waals surface area contributed by atoms with Crippen molar-refractivity contribution in [1.82, 2.24) is 0 Å². The van der Waals surface area contributed by atoms with Gasteiger partial charge in [0.1, 0.15) is 5.82 Å². The fourth-order valence-electron chi connectivity index (χ4n) is 1.66. The van der Waals surface area contributed by atoms with Crippen molar-refractivity contribution in [2.75, 3.05) is 18.5 Å². The molecule has 0 saturated carbocycles. The van der Waals surface area contributed by atoms with Crippen LogP contribution in [0.25, 0.3) is 0 Å². The van der Waals surface area contributed by atoms with Crippen molar-refractivity contribution in [3.8, 4) is 0 Å². The van der Waals surface area contributed by atoms with Gasteiger partial charge in [-0.25, -0.2) is 4.39 Å². The van der Waals surface area contributed by atoms with Gasteiger partial charge in [-0.2, -0.15) is 0 Å². The van der Waals surface area contributed by atoms with Crippen molar-refractivity contribution >= 4 is 17.3 Å². The molecule has 0 N–H and O–H groups in total. The summed E-state index contributed by atoms with van der Waals surface area (Å²) in [5.41, 5.74) is 1.49. The molecule has 0 atom stereocenters. The lowest BCUT2D eigenvalue weighted by Gasteiger charge is -2.23. The van der Waals surface area contributed by atoms with E-state index in [1.807, 2.05) is 18.0 Å². The summed E-state index contributed by atoms with van der Waals surface area (Å²) in [7, 11) is 1.91. The van der Waals surface area contributed by atoms with Crippen LogP contribution >= 0.6 is 11.6 Å². The summed E-state index contributed by atoms with van der Waals surface area (Å²) < 4.78 is 13.7. The molecule has 0 radical (unpaired) electrons. The minimum Gasteiger partial charge on any atom is -0.372 e. The molecule has 0 aliphatic carbocycles. The third-order valence-corrected chi connectivity index (χ3v) is 2.93. The third kappa shape index (κ3) is 3.38. The highest BCUT2D eigenvalue weighted by Gasteiger charge is 2.12. The second kappa shape index (κ2) is 6.09. The maximum absolute atomic E-state index is 13.7. The molecule has 0 heterocycles. The van der Waals surface area contributed by atoms with E-state index in [0.717, 1.165) is 18.5 Å². The zero-order valence-corrected chi connectivity index (χ0v) is 10.9. The molecule has 1 aromatic rings. The van der Waals surface area contributed by atoms with E-state index in [4.69, 9.17) is 11.6 Å². The van der Waals surface area contributed by atoms with E-state index in [9.17, 15) is 4.39 Å². The van der Waals surface area contributed by atoms with E-state index in [1.165, 1.54) is 6.07 Å². The van der Waals surface area contributed by atoms with Gasteiger partial charge in [-0.05, 0) is 24.0 Å². The highest BCUT2D eigenvalue weighted by Crippen LogP contribution is 2.25. The fourth-order valence-corrected chi connectivity index (χ4v) is 1.87. The molecule has 0 saturated heterocycles. The van der Waals surface area contributed by atoms with Crippen LogP contribution in [0.2, 0.25) is 0 Å². The van der Waals surface area contributed by atoms with Crippen LogP contribution in [-0.2, 0) is 5.88 Å². The average molecular weight is 244 g/mol. The number of nitrogens with zero attached hydrogens (tertiary/aromatic N) is 1. The highest BCUT2D eigenvalue weighted by molar-refractivity contribution is 6.17. The van der Waals surface area contributed by atoms with Crippen LogP contribution in [0.3, 0.4) is 0 Å². The predicted molar refractivity (Wildman–Crippen MR) is 68.7 cm³/mol. The number of anilines is 1. The third-order valence-electron chi connectivity index (χ3n) is 2.64. The Kier molecular flexibility index (Phi) is 5.07. The molecule has 1 aromatic carbocycles. The molecule has 90 valence electrons. The van der Waals surface area contributed by atoms with Crippen LogP contribution in [-0.4, -0.2) is 13.6 Å². The van der Waals surface area contributed by atoms with Gasteiger partial charge in [0.05, 0.1) is 5.69 Å². The van der Waals surface area contributed by atoms with Gasteiger partial charge < -0.3 is 4.90 Å². The average Bonchev–Trinajstić information content (AvgIpc) is 2.25. The molecule has 0 fully saturated rings. The molecule has 0 amide bonds. The van der Waals surface area contributed by atoms with E-state index < -0.39 is 0 Å². The van der Waals surface area contributed by atoms with Crippen LogP contribution < -0.4 is 4.90 Å². The molecule has 3 heteroatoms. The lowest BCUT2D eigenvalue weighted by atomic mass is 10.1. The summed E-state index contributed by atoms with van der Waals surface area (Å²) in [5.74, 6) is 0.775. The van der Waals surface area contributed by atoms with Crippen LogP contribution in [0.1, 0.15) is 25.8 Å². The highest BCUT2D eigenvalue weighted by atomic mass is 35.5. The van der Waals surface area contributed by atoms with Crippen molar-refractivity contribution in [3.63, 3.8) is 0 Å². The maximum atomic E-state index is 13.7. The Labute approximate surface area is 102 Å². The van der Waals surface area contributed by atoms with Gasteiger partial charge in [-0.1, -0.05) is 26.0 Å². The molecule has 0 aromatic heterocycles. The van der Waals surface area contributed by atoms with Crippen molar-refractivity contribution < 1.29 is 4.39 Å². The second-order valence-corrected chi connectivity index (χ2v) is 4.75. The molecular weight excluding hydrogens is 225 g/mol. The quantitative estimate of drug-likeness (QED) is 0.706. The molecule has 0 unspecified atom stereocenters. The normalized spacial score (nSPS) is 10.9. The minimum atomic E-state index is -0.190. The Balaban J connectivity index is 2.84. The topological polar surface area (TPSA) is 3.24 Å². The van der Waals surface area contributed by atoms with Crippen molar-refractivity contribution in [2.24, 2.45) is 5.92 Å². The lowest BCUT2D eigenvalue weighted by Crippen LogP contribution is -2.22. The molecule has 1 rings (SSSR count). The Morgan fingerprint density at radius 2 is 2.06 bits per heavy atom. The van der Waals surface area contributed by atoms with Crippen LogP contribution in [0.5, 0.6) is 0 Å². The summed E-state index contributed by atoms with van der Waals surface area (Å²) in [6, 6.07) is 5.06. The van der Waals surface area contributed by atoms with Gasteiger partial charge in [0, 0.05) is 19.5 Å². The largest absolute Gasteiger partial charge is 0.372 e. The predicted octanol–water partition coefficient (Wildman–Crippen LogP) is 4.05. The molecule has 16 heavy (non-hydrogen) atoms. The van der Waals surface area contributed by atoms with Gasteiger partial charge in [-0.15, -0.1) is 11.6 Å². The second-order valence-electron chi connectivity index (χ2n) is 4.49. The summed E-state index contributed by atoms with van der Waals surface area (Å²) in [6.45, 7) is 5.18. The number of para-hydroxylation sites is 1. The maximum Gasteiger partial charge on any atom is 0.146 e. The van der Waals surface area contributed by atoms with Gasteiger partial charge >= 0.3 is 0 Å². The van der Waals surface area contributed by atoms with Crippen molar-refractivity contribution in [3.05, 3.63) is 29.6 Å². The SMILES string of the molecule is CC(C)CCN(C)c1c(F)cccc1CCl. The van der Waals surface area contributed by atoms with E-state index in [2.05, 4.69) is 13.8 Å². The first-order valence-electron chi connectivity index (χ1n) is 5.60. The summed E-state index contributed by atoms with van der Waals surface area (Å²) in [6.07, 6.45) is 1.05. The Bertz CT molecular complexity index is 339. The zero-order valence-electron chi connectivity index (χ0n) is 10.1. The molecule has 1 nitrogen and oxygen atoms in total. The number of hydrogen-bond acceptors (Lipinski definition) is 1. The standard InChI is InChI=1S/C13H19ClFN/c1-10(2)7-8-16(3)13-11(9-14)5-4-6-12(13)15/h4-6,10H,7-9H2,1-3H3. The number of rotatable bonds is 5. The van der Waals surface area contributed by atoms with Crippen LogP contribution in [0.15, 0.2) is 18.2 Å². The minimum absolute atomic E-state index is 0.190. The van der Waals surface area contributed by atoms with Gasteiger partial charge in [-0.3, -0.25) is 0 Å². The fraction of sp³-hybridized carbons (Fsp3) is 0.538. The lowest BCUT2D eigenvalue weighted by molar-refractivity contribution is 0.573.